The van der Waals surface area contributed by atoms with Crippen molar-refractivity contribution in [3.63, 3.8) is 0 Å². The first-order chi connectivity index (χ1) is 11.1. The van der Waals surface area contributed by atoms with Gasteiger partial charge in [0.25, 0.3) is 0 Å². The average molecular weight is 308 g/mol. The van der Waals surface area contributed by atoms with E-state index in [0.29, 0.717) is 11.0 Å². The molecule has 0 spiro atoms. The largest absolute Gasteiger partial charge is 0.383 e. The number of para-hydroxylation sites is 1. The number of pyridine rings is 1. The highest BCUT2D eigenvalue weighted by Gasteiger charge is 2.34. The topological polar surface area (TPSA) is 52.0 Å². The molecule has 0 atom stereocenters. The lowest BCUT2D eigenvalue weighted by Gasteiger charge is -2.33. The van der Waals surface area contributed by atoms with Crippen LogP contribution in [0, 0.1) is 16.7 Å². The zero-order valence-electron chi connectivity index (χ0n) is 14.0. The van der Waals surface area contributed by atoms with Gasteiger partial charge in [-0.25, -0.2) is 0 Å². The van der Waals surface area contributed by atoms with E-state index in [2.05, 4.69) is 35.4 Å². The van der Waals surface area contributed by atoms with E-state index in [0.717, 1.165) is 29.7 Å². The Kier molecular flexibility index (Phi) is 4.49. The van der Waals surface area contributed by atoms with Crippen LogP contribution in [-0.2, 0) is 0 Å². The van der Waals surface area contributed by atoms with Crippen molar-refractivity contribution in [3.8, 4) is 6.07 Å². The number of benzene rings is 1. The van der Waals surface area contributed by atoms with E-state index in [4.69, 9.17) is 0 Å². The summed E-state index contributed by atoms with van der Waals surface area (Å²) in [6, 6.07) is 10.3. The number of nitrogens with zero attached hydrogens (tertiary/aromatic N) is 3. The van der Waals surface area contributed by atoms with E-state index >= 15 is 0 Å². The van der Waals surface area contributed by atoms with Gasteiger partial charge in [0.1, 0.15) is 6.07 Å². The molecule has 23 heavy (non-hydrogen) atoms. The molecule has 0 aliphatic heterocycles. The molecule has 2 aromatic rings. The Morgan fingerprint density at radius 2 is 2.00 bits per heavy atom. The molecule has 0 amide bonds. The Labute approximate surface area is 138 Å². The molecule has 3 rings (SSSR count). The summed E-state index contributed by atoms with van der Waals surface area (Å²) in [6.45, 7) is 2.00. The summed E-state index contributed by atoms with van der Waals surface area (Å²) < 4.78 is 0. The molecule has 1 heterocycles. The zero-order valence-corrected chi connectivity index (χ0v) is 14.0. The molecule has 1 N–H and O–H groups in total. The van der Waals surface area contributed by atoms with Gasteiger partial charge in [-0.15, -0.1) is 0 Å². The Morgan fingerprint density at radius 1 is 1.26 bits per heavy atom. The lowest BCUT2D eigenvalue weighted by atomic mass is 9.85. The van der Waals surface area contributed by atoms with Crippen molar-refractivity contribution < 1.29 is 0 Å². The minimum atomic E-state index is 0.306. The van der Waals surface area contributed by atoms with Gasteiger partial charge in [0.05, 0.1) is 16.8 Å². The maximum absolute atomic E-state index is 9.44. The number of fused-ring (bicyclic) bond motifs is 1. The van der Waals surface area contributed by atoms with Crippen molar-refractivity contribution in [1.82, 2.24) is 9.88 Å². The van der Waals surface area contributed by atoms with Gasteiger partial charge in [-0.1, -0.05) is 31.0 Å². The van der Waals surface area contributed by atoms with Crippen LogP contribution in [0.25, 0.3) is 10.9 Å². The molecule has 0 saturated heterocycles. The highest BCUT2D eigenvalue weighted by Crippen LogP contribution is 2.39. The number of hydrogen-bond donors (Lipinski definition) is 1. The fraction of sp³-hybridized carbons (Fsp3) is 0.474. The third-order valence-corrected chi connectivity index (χ3v) is 4.85. The summed E-state index contributed by atoms with van der Waals surface area (Å²) in [7, 11) is 4.28. The molecule has 0 unspecified atom stereocenters. The van der Waals surface area contributed by atoms with Gasteiger partial charge in [-0.3, -0.25) is 4.98 Å². The van der Waals surface area contributed by atoms with Gasteiger partial charge in [-0.05, 0) is 33.0 Å². The Hall–Kier alpha value is -2.12. The first-order valence-corrected chi connectivity index (χ1v) is 8.30. The first-order valence-electron chi connectivity index (χ1n) is 8.30. The number of nitriles is 1. The SMILES string of the molecule is CN(C)CC1(CNc2c(C#N)cnc3ccccc23)CCCC1. The van der Waals surface area contributed by atoms with Crippen molar-refractivity contribution >= 4 is 16.6 Å². The quantitative estimate of drug-likeness (QED) is 0.916. The monoisotopic (exact) mass is 308 g/mol. The summed E-state index contributed by atoms with van der Waals surface area (Å²) in [6.07, 6.45) is 6.79. The molecule has 1 aromatic heterocycles. The van der Waals surface area contributed by atoms with Crippen LogP contribution >= 0.6 is 0 Å². The number of hydrogen-bond acceptors (Lipinski definition) is 4. The molecule has 120 valence electrons. The molecule has 0 bridgehead atoms. The van der Waals surface area contributed by atoms with Crippen LogP contribution in [-0.4, -0.2) is 37.1 Å². The first kappa shape index (κ1) is 15.8. The van der Waals surface area contributed by atoms with Gasteiger partial charge in [0, 0.05) is 30.1 Å². The van der Waals surface area contributed by atoms with Gasteiger partial charge >= 0.3 is 0 Å². The fourth-order valence-corrected chi connectivity index (χ4v) is 3.88. The van der Waals surface area contributed by atoms with Crippen molar-refractivity contribution in [2.24, 2.45) is 5.41 Å². The summed E-state index contributed by atoms with van der Waals surface area (Å²) >= 11 is 0. The summed E-state index contributed by atoms with van der Waals surface area (Å²) in [4.78, 5) is 6.67. The second-order valence-electron chi connectivity index (χ2n) is 6.97. The van der Waals surface area contributed by atoms with Crippen molar-refractivity contribution in [1.29, 1.82) is 5.26 Å². The minimum absolute atomic E-state index is 0.306. The molecule has 1 aromatic carbocycles. The zero-order chi connectivity index (χ0) is 16.3. The van der Waals surface area contributed by atoms with Gasteiger partial charge in [0.15, 0.2) is 0 Å². The lowest BCUT2D eigenvalue weighted by molar-refractivity contribution is 0.215. The van der Waals surface area contributed by atoms with E-state index in [1.807, 2.05) is 24.3 Å². The minimum Gasteiger partial charge on any atom is -0.383 e. The van der Waals surface area contributed by atoms with Gasteiger partial charge in [0.2, 0.25) is 0 Å². The van der Waals surface area contributed by atoms with Crippen LogP contribution in [0.15, 0.2) is 30.5 Å². The maximum Gasteiger partial charge on any atom is 0.103 e. The smallest absolute Gasteiger partial charge is 0.103 e. The van der Waals surface area contributed by atoms with Crippen LogP contribution in [0.4, 0.5) is 5.69 Å². The molecule has 1 aliphatic carbocycles. The number of aromatic nitrogens is 1. The third kappa shape index (κ3) is 3.30. The predicted octanol–water partition coefficient (Wildman–Crippen LogP) is 3.64. The summed E-state index contributed by atoms with van der Waals surface area (Å²) in [5.74, 6) is 0. The molecule has 1 fully saturated rings. The van der Waals surface area contributed by atoms with Gasteiger partial charge in [-0.2, -0.15) is 5.26 Å². The van der Waals surface area contributed by atoms with Crippen LogP contribution in [0.2, 0.25) is 0 Å². The predicted molar refractivity (Wildman–Crippen MR) is 94.4 cm³/mol. The van der Waals surface area contributed by atoms with E-state index in [1.165, 1.54) is 25.7 Å². The maximum atomic E-state index is 9.44. The van der Waals surface area contributed by atoms with Crippen molar-refractivity contribution in [3.05, 3.63) is 36.0 Å². The fourth-order valence-electron chi connectivity index (χ4n) is 3.88. The standard InChI is InChI=1S/C19H24N4/c1-23(2)14-19(9-5-6-10-19)13-22-18-15(11-20)12-21-17-8-4-3-7-16(17)18/h3-4,7-8,12H,5-6,9-10,13-14H2,1-2H3,(H,21,22). The molecule has 1 aliphatic rings. The second-order valence-corrected chi connectivity index (χ2v) is 6.97. The van der Waals surface area contributed by atoms with E-state index in [-0.39, 0.29) is 0 Å². The third-order valence-electron chi connectivity index (χ3n) is 4.85. The van der Waals surface area contributed by atoms with Gasteiger partial charge < -0.3 is 10.2 Å². The highest BCUT2D eigenvalue weighted by atomic mass is 15.1. The summed E-state index contributed by atoms with van der Waals surface area (Å²) in [5, 5.41) is 14.1. The molecule has 4 nitrogen and oxygen atoms in total. The molecule has 1 saturated carbocycles. The molecular formula is C19H24N4. The number of rotatable bonds is 5. The van der Waals surface area contributed by atoms with Crippen molar-refractivity contribution in [2.45, 2.75) is 25.7 Å². The second kappa shape index (κ2) is 6.55. The average Bonchev–Trinajstić information content (AvgIpc) is 3.00. The molecular weight excluding hydrogens is 284 g/mol. The van der Waals surface area contributed by atoms with Crippen LogP contribution < -0.4 is 5.32 Å². The van der Waals surface area contributed by atoms with E-state index < -0.39 is 0 Å². The van der Waals surface area contributed by atoms with Crippen LogP contribution in [0.5, 0.6) is 0 Å². The Bertz CT molecular complexity index is 724. The number of anilines is 1. The van der Waals surface area contributed by atoms with Crippen molar-refractivity contribution in [2.75, 3.05) is 32.5 Å². The lowest BCUT2D eigenvalue weighted by Crippen LogP contribution is -2.37. The summed E-state index contributed by atoms with van der Waals surface area (Å²) in [5.41, 5.74) is 2.80. The van der Waals surface area contributed by atoms with Crippen LogP contribution in [0.3, 0.4) is 0 Å². The Morgan fingerprint density at radius 3 is 2.70 bits per heavy atom. The van der Waals surface area contributed by atoms with Crippen LogP contribution in [0.1, 0.15) is 31.2 Å². The van der Waals surface area contributed by atoms with E-state index in [1.54, 1.807) is 6.20 Å². The highest BCUT2D eigenvalue weighted by molar-refractivity contribution is 5.93. The Balaban J connectivity index is 1.90. The number of nitrogens with one attached hydrogen (secondary N) is 1. The normalized spacial score (nSPS) is 16.6. The molecule has 0 radical (unpaired) electrons. The van der Waals surface area contributed by atoms with E-state index in [9.17, 15) is 5.26 Å². The molecule has 4 heteroatoms.